The van der Waals surface area contributed by atoms with E-state index in [0.717, 1.165) is 31.4 Å². The fraction of sp³-hybridized carbons (Fsp3) is 0.600. The summed E-state index contributed by atoms with van der Waals surface area (Å²) in [4.78, 5) is 45.3. The summed E-state index contributed by atoms with van der Waals surface area (Å²) in [5.41, 5.74) is 0.903. The molecular weight excluding hydrogens is 581 g/mol. The molecule has 0 unspecified atom stereocenters. The molecular formula is C30H41Cl2N5O5. The van der Waals surface area contributed by atoms with E-state index in [2.05, 4.69) is 15.6 Å². The van der Waals surface area contributed by atoms with Gasteiger partial charge in [0.15, 0.2) is 0 Å². The number of carbonyl (C=O) groups excluding carboxylic acids is 3. The predicted octanol–water partition coefficient (Wildman–Crippen LogP) is 5.29. The van der Waals surface area contributed by atoms with Crippen LogP contribution in [0.1, 0.15) is 63.1 Å². The largest absolute Gasteiger partial charge is 0.508 e. The minimum atomic E-state index is -0.855. The molecule has 1 saturated heterocycles. The number of carbonyl (C=O) groups is 3. The Morgan fingerprint density at radius 2 is 1.88 bits per heavy atom. The normalized spacial score (nSPS) is 17.8. The third kappa shape index (κ3) is 8.53. The van der Waals surface area contributed by atoms with Crippen molar-refractivity contribution in [3.63, 3.8) is 0 Å². The van der Waals surface area contributed by atoms with Gasteiger partial charge in [0.2, 0.25) is 5.91 Å². The second-order valence-electron chi connectivity index (χ2n) is 11.2. The Bertz CT molecular complexity index is 1220. The molecule has 2 heterocycles. The summed E-state index contributed by atoms with van der Waals surface area (Å²) >= 11 is 12.5. The minimum Gasteiger partial charge on any atom is -0.435 e. The first-order chi connectivity index (χ1) is 20.2. The molecule has 1 aliphatic heterocycles. The second-order valence-corrected chi connectivity index (χ2v) is 12.0. The van der Waals surface area contributed by atoms with Crippen LogP contribution in [0.5, 0.6) is 0 Å². The molecule has 2 fully saturated rings. The van der Waals surface area contributed by atoms with E-state index in [1.54, 1.807) is 36.4 Å². The Hall–Kier alpha value is -2.98. The number of ether oxygens (including phenoxy) is 2. The molecule has 12 heteroatoms. The van der Waals surface area contributed by atoms with Crippen LogP contribution in [0.3, 0.4) is 0 Å². The maximum absolute atomic E-state index is 13.9. The summed E-state index contributed by atoms with van der Waals surface area (Å²) in [5, 5.41) is 6.61. The minimum absolute atomic E-state index is 0.200. The number of hydrogen-bond donors (Lipinski definition) is 2. The molecule has 3 amide bonds. The lowest BCUT2D eigenvalue weighted by molar-refractivity contribution is -0.143. The van der Waals surface area contributed by atoms with Crippen LogP contribution in [0.4, 0.5) is 9.59 Å². The first kappa shape index (κ1) is 31.9. The molecule has 1 aromatic heterocycles. The average Bonchev–Trinajstić information content (AvgIpc) is 3.39. The zero-order chi connectivity index (χ0) is 30.1. The van der Waals surface area contributed by atoms with Gasteiger partial charge in [0, 0.05) is 68.6 Å². The topological polar surface area (TPSA) is 115 Å². The summed E-state index contributed by atoms with van der Waals surface area (Å²) in [6.45, 7) is 3.18. The van der Waals surface area contributed by atoms with Crippen LogP contribution in [0.2, 0.25) is 10.0 Å². The lowest BCUT2D eigenvalue weighted by atomic mass is 9.72. The van der Waals surface area contributed by atoms with E-state index >= 15 is 0 Å². The quantitative estimate of drug-likeness (QED) is 0.348. The highest BCUT2D eigenvalue weighted by molar-refractivity contribution is 6.35. The van der Waals surface area contributed by atoms with Gasteiger partial charge in [-0.25, -0.2) is 14.6 Å². The van der Waals surface area contributed by atoms with Gasteiger partial charge in [0.05, 0.1) is 18.6 Å². The third-order valence-electron chi connectivity index (χ3n) is 8.29. The monoisotopic (exact) mass is 621 g/mol. The zero-order valence-corrected chi connectivity index (χ0v) is 25.9. The van der Waals surface area contributed by atoms with Crippen molar-refractivity contribution >= 4 is 41.3 Å². The van der Waals surface area contributed by atoms with Gasteiger partial charge in [-0.05, 0) is 43.4 Å². The molecule has 0 spiro atoms. The van der Waals surface area contributed by atoms with Gasteiger partial charge in [-0.1, -0.05) is 48.5 Å². The molecule has 0 radical (unpaired) electrons. The van der Waals surface area contributed by atoms with Gasteiger partial charge in [-0.15, -0.1) is 0 Å². The van der Waals surface area contributed by atoms with Gasteiger partial charge < -0.3 is 29.6 Å². The van der Waals surface area contributed by atoms with Crippen molar-refractivity contribution in [3.05, 3.63) is 52.0 Å². The number of imidazole rings is 1. The van der Waals surface area contributed by atoms with Crippen LogP contribution >= 0.6 is 23.2 Å². The Morgan fingerprint density at radius 1 is 1.14 bits per heavy atom. The molecule has 1 atom stereocenters. The van der Waals surface area contributed by atoms with Crippen LogP contribution in [0.15, 0.2) is 30.7 Å². The van der Waals surface area contributed by atoms with Crippen LogP contribution < -0.4 is 10.6 Å². The van der Waals surface area contributed by atoms with Gasteiger partial charge in [-0.2, -0.15) is 0 Å². The molecule has 4 rings (SSSR count). The number of aromatic nitrogens is 2. The molecule has 42 heavy (non-hydrogen) atoms. The van der Waals surface area contributed by atoms with Crippen LogP contribution in [0.25, 0.3) is 0 Å². The van der Waals surface area contributed by atoms with E-state index in [0.29, 0.717) is 54.5 Å². The fourth-order valence-electron chi connectivity index (χ4n) is 6.08. The van der Waals surface area contributed by atoms with Gasteiger partial charge in [0.25, 0.3) is 0 Å². The van der Waals surface area contributed by atoms with Crippen molar-refractivity contribution in [2.75, 3.05) is 26.2 Å². The van der Waals surface area contributed by atoms with Gasteiger partial charge in [0.1, 0.15) is 11.6 Å². The van der Waals surface area contributed by atoms with Crippen molar-refractivity contribution in [1.29, 1.82) is 0 Å². The van der Waals surface area contributed by atoms with Crippen molar-refractivity contribution in [2.45, 2.75) is 76.4 Å². The van der Waals surface area contributed by atoms with E-state index in [1.165, 1.54) is 6.42 Å². The van der Waals surface area contributed by atoms with Crippen LogP contribution in [0, 0.1) is 5.92 Å². The number of rotatable bonds is 10. The molecule has 2 aliphatic rings. The number of piperidine rings is 1. The fourth-order valence-corrected chi connectivity index (χ4v) is 6.56. The van der Waals surface area contributed by atoms with Crippen molar-refractivity contribution in [3.8, 4) is 0 Å². The van der Waals surface area contributed by atoms with Crippen molar-refractivity contribution in [2.24, 2.45) is 13.0 Å². The SMILES string of the molecule is CCOC(=O)OC1(C2CCCCC2)CCN(C(=O)[C@@H](Cc2ccc(Cl)cc2Cl)NC(=O)NCCc2cn(C)cn2)CC1. The van der Waals surface area contributed by atoms with Crippen LogP contribution in [-0.4, -0.2) is 70.4 Å². The van der Waals surface area contributed by atoms with E-state index in [9.17, 15) is 14.4 Å². The standard InChI is InChI=1S/C30H41Cl2N5O5/c1-3-41-29(40)42-30(22-7-5-4-6-8-22)12-15-37(16-13-30)27(38)26(17-21-9-10-23(31)18-25(21)32)35-28(39)33-14-11-24-19-36(2)20-34-24/h9-10,18-20,22,26H,3-8,11-17H2,1-2H3,(H2,33,35,39)/t26-/m1/s1. The molecule has 2 N–H and O–H groups in total. The molecule has 1 aromatic carbocycles. The van der Waals surface area contributed by atoms with Crippen molar-refractivity contribution < 1.29 is 23.9 Å². The van der Waals surface area contributed by atoms with E-state index < -0.39 is 23.8 Å². The number of nitrogens with zero attached hydrogens (tertiary/aromatic N) is 3. The highest BCUT2D eigenvalue weighted by Crippen LogP contribution is 2.42. The third-order valence-corrected chi connectivity index (χ3v) is 8.87. The molecule has 0 bridgehead atoms. The maximum atomic E-state index is 13.9. The highest BCUT2D eigenvalue weighted by atomic mass is 35.5. The number of halogens is 2. The Kier molecular flexibility index (Phi) is 11.4. The first-order valence-corrected chi connectivity index (χ1v) is 15.5. The zero-order valence-electron chi connectivity index (χ0n) is 24.4. The second kappa shape index (κ2) is 15.0. The number of urea groups is 1. The summed E-state index contributed by atoms with van der Waals surface area (Å²) in [7, 11) is 1.89. The smallest absolute Gasteiger partial charge is 0.435 e. The number of likely N-dealkylation sites (tertiary alicyclic amines) is 1. The molecule has 1 saturated carbocycles. The number of nitrogens with one attached hydrogen (secondary N) is 2. The Labute approximate surface area is 257 Å². The summed E-state index contributed by atoms with van der Waals surface area (Å²) in [5.74, 6) is 0.0221. The number of benzene rings is 1. The van der Waals surface area contributed by atoms with E-state index in [4.69, 9.17) is 32.7 Å². The lowest BCUT2D eigenvalue weighted by Gasteiger charge is -2.47. The molecule has 230 valence electrons. The summed E-state index contributed by atoms with van der Waals surface area (Å²) in [6, 6.07) is 3.80. The average molecular weight is 623 g/mol. The predicted molar refractivity (Wildman–Crippen MR) is 161 cm³/mol. The highest BCUT2D eigenvalue weighted by Gasteiger charge is 2.46. The molecule has 2 aromatic rings. The van der Waals surface area contributed by atoms with Crippen LogP contribution in [-0.2, 0) is 34.2 Å². The number of hydrogen-bond acceptors (Lipinski definition) is 6. The van der Waals surface area contributed by atoms with E-state index in [-0.39, 0.29) is 24.9 Å². The molecule has 10 nitrogen and oxygen atoms in total. The summed E-state index contributed by atoms with van der Waals surface area (Å²) in [6.07, 6.45) is 10.1. The Morgan fingerprint density at radius 3 is 2.52 bits per heavy atom. The van der Waals surface area contributed by atoms with Gasteiger partial charge in [-0.3, -0.25) is 4.79 Å². The first-order valence-electron chi connectivity index (χ1n) is 14.8. The molecule has 1 aliphatic carbocycles. The Balaban J connectivity index is 1.44. The van der Waals surface area contributed by atoms with Gasteiger partial charge >= 0.3 is 12.2 Å². The maximum Gasteiger partial charge on any atom is 0.508 e. The van der Waals surface area contributed by atoms with Crippen molar-refractivity contribution in [1.82, 2.24) is 25.1 Å². The lowest BCUT2D eigenvalue weighted by Crippen LogP contribution is -2.58. The van der Waals surface area contributed by atoms with E-state index in [1.807, 2.05) is 17.8 Å². The number of amides is 3. The number of aryl methyl sites for hydroxylation is 1. The summed E-state index contributed by atoms with van der Waals surface area (Å²) < 4.78 is 13.0.